The number of esters is 2. The van der Waals surface area contributed by atoms with Crippen molar-refractivity contribution in [3.63, 3.8) is 0 Å². The van der Waals surface area contributed by atoms with Crippen molar-refractivity contribution in [3.05, 3.63) is 0 Å². The molecule has 0 aliphatic carbocycles. The molecule has 1 aliphatic heterocycles. The van der Waals surface area contributed by atoms with Crippen molar-refractivity contribution in [2.75, 3.05) is 13.2 Å². The van der Waals surface area contributed by atoms with Crippen LogP contribution in [0.15, 0.2) is 0 Å². The monoisotopic (exact) mass is 420 g/mol. The Labute approximate surface area is 172 Å². The molecule has 0 aromatic carbocycles. The molecule has 7 nitrogen and oxygen atoms in total. The standard InChI is InChI=1S/C20H36O7S/c1-5-9-11-16(7-3)14-24-17(21)13-20(28-27-26-23)18(22)25-15-19(20,8-4)12-10-6-2/h16,23H,5-15H2,1-4H3. The highest BCUT2D eigenvalue weighted by Gasteiger charge is 2.64. The predicted molar refractivity (Wildman–Crippen MR) is 107 cm³/mol. The third-order valence-electron chi connectivity index (χ3n) is 5.97. The summed E-state index contributed by atoms with van der Waals surface area (Å²) >= 11 is 0.656. The summed E-state index contributed by atoms with van der Waals surface area (Å²) in [4.78, 5) is 25.4. The van der Waals surface area contributed by atoms with Crippen LogP contribution in [0.2, 0.25) is 0 Å². The Balaban J connectivity index is 2.94. The summed E-state index contributed by atoms with van der Waals surface area (Å²) in [5, 5.41) is 12.4. The first-order chi connectivity index (χ1) is 13.4. The summed E-state index contributed by atoms with van der Waals surface area (Å²) < 4.78 is 14.3. The van der Waals surface area contributed by atoms with Crippen LogP contribution in [0.25, 0.3) is 0 Å². The van der Waals surface area contributed by atoms with Gasteiger partial charge in [0.2, 0.25) is 0 Å². The third-order valence-corrected chi connectivity index (χ3v) is 7.13. The van der Waals surface area contributed by atoms with E-state index in [0.717, 1.165) is 38.5 Å². The zero-order chi connectivity index (χ0) is 21.0. The van der Waals surface area contributed by atoms with Crippen LogP contribution in [0.4, 0.5) is 0 Å². The van der Waals surface area contributed by atoms with Gasteiger partial charge in [-0.2, -0.15) is 0 Å². The van der Waals surface area contributed by atoms with Gasteiger partial charge in [-0.05, 0) is 25.2 Å². The summed E-state index contributed by atoms with van der Waals surface area (Å²) in [6.45, 7) is 8.81. The van der Waals surface area contributed by atoms with Crippen molar-refractivity contribution in [2.24, 2.45) is 11.3 Å². The molecule has 0 saturated carbocycles. The molecule has 0 bridgehead atoms. The highest BCUT2D eigenvalue weighted by molar-refractivity contribution is 7.96. The summed E-state index contributed by atoms with van der Waals surface area (Å²) in [6.07, 6.45) is 7.14. The number of ether oxygens (including phenoxy) is 2. The minimum absolute atomic E-state index is 0.179. The van der Waals surface area contributed by atoms with Crippen LogP contribution < -0.4 is 0 Å². The molecule has 164 valence electrons. The van der Waals surface area contributed by atoms with Crippen molar-refractivity contribution in [1.29, 1.82) is 0 Å². The van der Waals surface area contributed by atoms with E-state index in [4.69, 9.17) is 19.1 Å². The van der Waals surface area contributed by atoms with Gasteiger partial charge in [-0.15, -0.1) is 4.33 Å². The largest absolute Gasteiger partial charge is 0.465 e. The molecular weight excluding hydrogens is 384 g/mol. The van der Waals surface area contributed by atoms with Gasteiger partial charge in [-0.1, -0.05) is 64.8 Å². The van der Waals surface area contributed by atoms with E-state index in [1.807, 2.05) is 6.92 Å². The molecule has 1 heterocycles. The van der Waals surface area contributed by atoms with E-state index in [1.54, 1.807) is 0 Å². The first-order valence-electron chi connectivity index (χ1n) is 10.4. The Kier molecular flexibility index (Phi) is 11.4. The summed E-state index contributed by atoms with van der Waals surface area (Å²) in [5.74, 6) is -0.671. The first kappa shape index (κ1) is 25.2. The highest BCUT2D eigenvalue weighted by Crippen LogP contribution is 2.55. The number of carbonyl (C=O) groups excluding carboxylic acids is 2. The minimum Gasteiger partial charge on any atom is -0.465 e. The number of hydrogen-bond donors (Lipinski definition) is 1. The van der Waals surface area contributed by atoms with Gasteiger partial charge in [0.15, 0.2) is 4.75 Å². The predicted octanol–water partition coefficient (Wildman–Crippen LogP) is 5.09. The van der Waals surface area contributed by atoms with Crippen LogP contribution >= 0.6 is 12.0 Å². The maximum absolute atomic E-state index is 12.7. The number of cyclic esters (lactones) is 1. The zero-order valence-electron chi connectivity index (χ0n) is 17.7. The van der Waals surface area contributed by atoms with Gasteiger partial charge in [-0.3, -0.25) is 9.59 Å². The average Bonchev–Trinajstić information content (AvgIpc) is 2.97. The second kappa shape index (κ2) is 12.7. The average molecular weight is 421 g/mol. The molecule has 0 amide bonds. The molecule has 1 fully saturated rings. The Morgan fingerprint density at radius 2 is 1.96 bits per heavy atom. The van der Waals surface area contributed by atoms with Crippen LogP contribution in [-0.4, -0.2) is 35.2 Å². The van der Waals surface area contributed by atoms with E-state index in [1.165, 1.54) is 0 Å². The molecule has 1 rings (SSSR count). The minimum atomic E-state index is -1.30. The molecule has 1 N–H and O–H groups in total. The Hall–Kier alpha value is -0.830. The van der Waals surface area contributed by atoms with Crippen LogP contribution in [0.3, 0.4) is 0 Å². The fourth-order valence-corrected chi connectivity index (χ4v) is 4.79. The van der Waals surface area contributed by atoms with E-state index in [-0.39, 0.29) is 13.0 Å². The van der Waals surface area contributed by atoms with Gasteiger partial charge in [0, 0.05) is 5.41 Å². The van der Waals surface area contributed by atoms with Crippen LogP contribution in [0.5, 0.6) is 0 Å². The highest BCUT2D eigenvalue weighted by atomic mass is 32.2. The zero-order valence-corrected chi connectivity index (χ0v) is 18.5. The van der Waals surface area contributed by atoms with Crippen molar-refractivity contribution in [3.8, 4) is 0 Å². The Bertz CT molecular complexity index is 487. The quantitative estimate of drug-likeness (QED) is 0.170. The molecule has 0 radical (unpaired) electrons. The Morgan fingerprint density at radius 3 is 2.54 bits per heavy atom. The van der Waals surface area contributed by atoms with Crippen LogP contribution in [0.1, 0.15) is 85.5 Å². The number of carbonyl (C=O) groups is 2. The lowest BCUT2D eigenvalue weighted by Gasteiger charge is -2.38. The summed E-state index contributed by atoms with van der Waals surface area (Å²) in [5.41, 5.74) is -0.589. The lowest BCUT2D eigenvalue weighted by molar-refractivity contribution is -0.432. The van der Waals surface area contributed by atoms with Crippen LogP contribution in [0, 0.1) is 11.3 Å². The molecule has 0 aromatic rings. The molecule has 1 saturated heterocycles. The topological polar surface area (TPSA) is 91.3 Å². The molecule has 8 heteroatoms. The molecular formula is C20H36O7S. The fourth-order valence-electron chi connectivity index (χ4n) is 3.86. The number of rotatable bonds is 15. The number of unbranched alkanes of at least 4 members (excludes halogenated alkanes) is 2. The normalized spacial score (nSPS) is 25.5. The molecule has 3 unspecified atom stereocenters. The van der Waals surface area contributed by atoms with Crippen LogP contribution in [-0.2, 0) is 28.4 Å². The van der Waals surface area contributed by atoms with Crippen molar-refractivity contribution in [1.82, 2.24) is 0 Å². The molecule has 0 spiro atoms. The van der Waals surface area contributed by atoms with Crippen molar-refractivity contribution in [2.45, 2.75) is 90.2 Å². The van der Waals surface area contributed by atoms with Crippen molar-refractivity contribution >= 4 is 24.0 Å². The summed E-state index contributed by atoms with van der Waals surface area (Å²) in [6, 6.07) is 0. The lowest BCUT2D eigenvalue weighted by Crippen LogP contribution is -2.49. The second-order valence-corrected chi connectivity index (χ2v) is 8.64. The molecule has 28 heavy (non-hydrogen) atoms. The fraction of sp³-hybridized carbons (Fsp3) is 0.900. The second-order valence-electron chi connectivity index (χ2n) is 7.64. The van der Waals surface area contributed by atoms with E-state index in [2.05, 4.69) is 25.8 Å². The van der Waals surface area contributed by atoms with Gasteiger partial charge in [-0.25, -0.2) is 5.26 Å². The van der Waals surface area contributed by atoms with Gasteiger partial charge in [0.1, 0.15) is 0 Å². The molecule has 1 aliphatic rings. The maximum Gasteiger partial charge on any atom is 0.326 e. The number of hydrogen-bond acceptors (Lipinski definition) is 8. The first-order valence-corrected chi connectivity index (χ1v) is 11.2. The Morgan fingerprint density at radius 1 is 1.25 bits per heavy atom. The van der Waals surface area contributed by atoms with Gasteiger partial charge < -0.3 is 9.47 Å². The molecule has 3 atom stereocenters. The smallest absolute Gasteiger partial charge is 0.326 e. The van der Waals surface area contributed by atoms with Gasteiger partial charge in [0.25, 0.3) is 0 Å². The van der Waals surface area contributed by atoms with E-state index < -0.39 is 22.1 Å². The van der Waals surface area contributed by atoms with E-state index in [9.17, 15) is 9.59 Å². The summed E-state index contributed by atoms with van der Waals surface area (Å²) in [7, 11) is 0. The van der Waals surface area contributed by atoms with E-state index in [0.29, 0.717) is 37.4 Å². The lowest BCUT2D eigenvalue weighted by atomic mass is 9.70. The van der Waals surface area contributed by atoms with Crippen molar-refractivity contribution < 1.29 is 33.7 Å². The SMILES string of the molecule is CCCCC(CC)COC(=O)CC1(SOOO)C(=O)OCC1(CC)CCCC. The maximum atomic E-state index is 12.7. The van der Waals surface area contributed by atoms with Gasteiger partial charge in [0.05, 0.1) is 31.7 Å². The van der Waals surface area contributed by atoms with Gasteiger partial charge >= 0.3 is 11.9 Å². The molecule has 0 aromatic heterocycles. The third kappa shape index (κ3) is 6.08. The van der Waals surface area contributed by atoms with E-state index >= 15 is 0 Å².